The average Bonchev–Trinajstić information content (AvgIpc) is 3.24. The summed E-state index contributed by atoms with van der Waals surface area (Å²) in [7, 11) is 0. The largest absolute Gasteiger partial charge is 0.482 e. The smallest absolute Gasteiger partial charge is 0.343 e. The summed E-state index contributed by atoms with van der Waals surface area (Å²) in [5, 5.41) is 1.80. The fourth-order valence-corrected chi connectivity index (χ4v) is 4.30. The summed E-state index contributed by atoms with van der Waals surface area (Å²) in [4.78, 5) is 26.2. The highest BCUT2D eigenvalue weighted by Crippen LogP contribution is 2.31. The molecule has 0 saturated carbocycles. The van der Waals surface area contributed by atoms with Crippen molar-refractivity contribution in [3.8, 4) is 5.75 Å². The third-order valence-corrected chi connectivity index (χ3v) is 5.69. The number of halogens is 1. The zero-order chi connectivity index (χ0) is 21.8. The number of benzene rings is 2. The van der Waals surface area contributed by atoms with Gasteiger partial charge >= 0.3 is 5.97 Å². The van der Waals surface area contributed by atoms with Gasteiger partial charge in [-0.05, 0) is 41.6 Å². The van der Waals surface area contributed by atoms with Crippen LogP contribution in [0.4, 0.5) is 4.39 Å². The van der Waals surface area contributed by atoms with Gasteiger partial charge in [0.25, 0.3) is 5.56 Å². The third-order valence-electron chi connectivity index (χ3n) is 4.76. The molecule has 0 spiro atoms. The zero-order valence-electron chi connectivity index (χ0n) is 16.8. The maximum Gasteiger partial charge on any atom is 0.343 e. The first kappa shape index (κ1) is 20.8. The minimum absolute atomic E-state index is 0.0614. The minimum Gasteiger partial charge on any atom is -0.482 e. The molecule has 0 aliphatic heterocycles. The van der Waals surface area contributed by atoms with Gasteiger partial charge in [-0.1, -0.05) is 42.5 Å². The Bertz CT molecular complexity index is 1280. The van der Waals surface area contributed by atoms with Crippen LogP contribution in [0, 0.1) is 5.82 Å². The Hall–Kier alpha value is -3.45. The Morgan fingerprint density at radius 1 is 1.06 bits per heavy atom. The lowest BCUT2D eigenvalue weighted by atomic mass is 10.1. The van der Waals surface area contributed by atoms with Gasteiger partial charge in [-0.3, -0.25) is 9.36 Å². The van der Waals surface area contributed by atoms with Crippen LogP contribution in [-0.2, 0) is 17.9 Å². The Labute approximate surface area is 182 Å². The lowest BCUT2D eigenvalue weighted by Crippen LogP contribution is -2.26. The molecule has 4 aromatic rings. The van der Waals surface area contributed by atoms with E-state index in [-0.39, 0.29) is 36.9 Å². The third kappa shape index (κ3) is 4.36. The Morgan fingerprint density at radius 3 is 2.58 bits per heavy atom. The first-order chi connectivity index (χ1) is 15.1. The molecule has 7 heteroatoms. The van der Waals surface area contributed by atoms with E-state index in [2.05, 4.69) is 0 Å². The molecule has 31 heavy (non-hydrogen) atoms. The highest BCUT2D eigenvalue weighted by atomic mass is 32.1. The van der Waals surface area contributed by atoms with Gasteiger partial charge in [0.1, 0.15) is 18.0 Å². The molecule has 5 nitrogen and oxygen atoms in total. The number of carbonyl (C=O) groups excluding carboxylic acids is 1. The second-order valence-electron chi connectivity index (χ2n) is 6.86. The monoisotopic (exact) mass is 437 g/mol. The number of hydrogen-bond donors (Lipinski definition) is 0. The molecule has 0 atom stereocenters. The maximum atomic E-state index is 13.7. The molecular weight excluding hydrogens is 417 g/mol. The molecule has 2 aromatic carbocycles. The molecule has 0 bridgehead atoms. The normalized spacial score (nSPS) is 10.9. The number of fused-ring (bicyclic) bond motifs is 1. The van der Waals surface area contributed by atoms with Crippen molar-refractivity contribution in [1.29, 1.82) is 0 Å². The second kappa shape index (κ2) is 9.14. The van der Waals surface area contributed by atoms with Crippen molar-refractivity contribution in [3.63, 3.8) is 0 Å². The van der Waals surface area contributed by atoms with E-state index in [1.807, 2.05) is 30.3 Å². The standard InChI is InChI=1S/C24H20FNO4S/c1-2-29-24(28)20-21(30-15-16-7-4-3-5-8-16)23(27)26(19-11-12-31-22(19)20)14-17-9-6-10-18(25)13-17/h3-13H,2,14-15H2,1H3. The van der Waals surface area contributed by atoms with Crippen LogP contribution in [0.25, 0.3) is 10.2 Å². The summed E-state index contributed by atoms with van der Waals surface area (Å²) >= 11 is 1.33. The predicted octanol–water partition coefficient (Wildman–Crippen LogP) is 5.01. The summed E-state index contributed by atoms with van der Waals surface area (Å²) in [5.41, 5.74) is 1.74. The van der Waals surface area contributed by atoms with Crippen LogP contribution in [-0.4, -0.2) is 17.1 Å². The van der Waals surface area contributed by atoms with Crippen molar-refractivity contribution < 1.29 is 18.7 Å². The van der Waals surface area contributed by atoms with Crippen LogP contribution in [0.15, 0.2) is 70.8 Å². The number of rotatable bonds is 7. The molecule has 0 radical (unpaired) electrons. The SMILES string of the molecule is CCOC(=O)c1c(OCc2ccccc2)c(=O)n(Cc2cccc(F)c2)c2ccsc12. The van der Waals surface area contributed by atoms with Gasteiger partial charge in [0, 0.05) is 0 Å². The van der Waals surface area contributed by atoms with E-state index in [1.165, 1.54) is 28.0 Å². The highest BCUT2D eigenvalue weighted by Gasteiger charge is 2.25. The van der Waals surface area contributed by atoms with Gasteiger partial charge in [-0.25, -0.2) is 9.18 Å². The van der Waals surface area contributed by atoms with E-state index >= 15 is 0 Å². The quantitative estimate of drug-likeness (QED) is 0.382. The number of thiophene rings is 1. The molecule has 0 saturated heterocycles. The molecule has 158 valence electrons. The van der Waals surface area contributed by atoms with Crippen LogP contribution in [0.3, 0.4) is 0 Å². The first-order valence-electron chi connectivity index (χ1n) is 9.80. The number of nitrogens with zero attached hydrogens (tertiary/aromatic N) is 1. The number of pyridine rings is 1. The van der Waals surface area contributed by atoms with E-state index in [0.29, 0.717) is 15.8 Å². The second-order valence-corrected chi connectivity index (χ2v) is 7.77. The Balaban J connectivity index is 1.85. The Morgan fingerprint density at radius 2 is 1.84 bits per heavy atom. The highest BCUT2D eigenvalue weighted by molar-refractivity contribution is 7.17. The van der Waals surface area contributed by atoms with E-state index in [0.717, 1.165) is 5.56 Å². The predicted molar refractivity (Wildman–Crippen MR) is 118 cm³/mol. The fraction of sp³-hybridized carbons (Fsp3) is 0.167. The molecule has 0 fully saturated rings. The van der Waals surface area contributed by atoms with Crippen LogP contribution in [0.2, 0.25) is 0 Å². The van der Waals surface area contributed by atoms with Crippen molar-refractivity contribution in [2.45, 2.75) is 20.1 Å². The lowest BCUT2D eigenvalue weighted by Gasteiger charge is -2.16. The van der Waals surface area contributed by atoms with E-state index in [1.54, 1.807) is 30.5 Å². The average molecular weight is 437 g/mol. The van der Waals surface area contributed by atoms with Gasteiger partial charge in [0.15, 0.2) is 0 Å². The molecular formula is C24H20FNO4S. The maximum absolute atomic E-state index is 13.7. The minimum atomic E-state index is -0.604. The summed E-state index contributed by atoms with van der Waals surface area (Å²) in [6.45, 7) is 2.16. The van der Waals surface area contributed by atoms with Gasteiger partial charge in [-0.2, -0.15) is 0 Å². The lowest BCUT2D eigenvalue weighted by molar-refractivity contribution is 0.0523. The van der Waals surface area contributed by atoms with Crippen molar-refractivity contribution in [2.75, 3.05) is 6.61 Å². The van der Waals surface area contributed by atoms with Crippen LogP contribution in [0.1, 0.15) is 28.4 Å². The molecule has 2 aromatic heterocycles. The number of ether oxygens (including phenoxy) is 2. The summed E-state index contributed by atoms with van der Waals surface area (Å²) < 4.78 is 26.9. The van der Waals surface area contributed by atoms with Gasteiger partial charge in [0.2, 0.25) is 5.75 Å². The van der Waals surface area contributed by atoms with Crippen LogP contribution < -0.4 is 10.3 Å². The molecule has 0 N–H and O–H groups in total. The molecule has 4 rings (SSSR count). The Kier molecular flexibility index (Phi) is 6.13. The van der Waals surface area contributed by atoms with E-state index in [9.17, 15) is 14.0 Å². The topological polar surface area (TPSA) is 57.5 Å². The van der Waals surface area contributed by atoms with Crippen molar-refractivity contribution in [1.82, 2.24) is 4.57 Å². The van der Waals surface area contributed by atoms with E-state index in [4.69, 9.17) is 9.47 Å². The van der Waals surface area contributed by atoms with Gasteiger partial charge in [-0.15, -0.1) is 11.3 Å². The summed E-state index contributed by atoms with van der Waals surface area (Å²) in [5.74, 6) is -1.04. The fourth-order valence-electron chi connectivity index (χ4n) is 3.37. The van der Waals surface area contributed by atoms with Crippen molar-refractivity contribution in [3.05, 3.63) is 98.9 Å². The van der Waals surface area contributed by atoms with Crippen molar-refractivity contribution in [2.24, 2.45) is 0 Å². The van der Waals surface area contributed by atoms with Crippen LogP contribution >= 0.6 is 11.3 Å². The number of hydrogen-bond acceptors (Lipinski definition) is 5. The molecule has 0 amide bonds. The number of carbonyl (C=O) groups is 1. The van der Waals surface area contributed by atoms with Gasteiger partial charge in [0.05, 0.1) is 23.4 Å². The molecule has 0 aliphatic carbocycles. The zero-order valence-corrected chi connectivity index (χ0v) is 17.7. The summed E-state index contributed by atoms with van der Waals surface area (Å²) in [6.07, 6.45) is 0. The number of esters is 1. The van der Waals surface area contributed by atoms with E-state index < -0.39 is 11.5 Å². The molecule has 2 heterocycles. The summed E-state index contributed by atoms with van der Waals surface area (Å²) in [6, 6.07) is 17.2. The molecule has 0 unspecified atom stereocenters. The first-order valence-corrected chi connectivity index (χ1v) is 10.7. The van der Waals surface area contributed by atoms with Crippen LogP contribution in [0.5, 0.6) is 5.75 Å². The van der Waals surface area contributed by atoms with Crippen molar-refractivity contribution >= 4 is 27.5 Å². The molecule has 0 aliphatic rings. The van der Waals surface area contributed by atoms with Gasteiger partial charge < -0.3 is 9.47 Å². The number of aromatic nitrogens is 1.